The highest BCUT2D eigenvalue weighted by Gasteiger charge is 2.59. The fraction of sp³-hybridized carbons (Fsp3) is 0.923. The van der Waals surface area contributed by atoms with Crippen LogP contribution in [-0.2, 0) is 9.53 Å². The molecule has 104 valence electrons. The van der Waals surface area contributed by atoms with Crippen LogP contribution < -0.4 is 0 Å². The number of carbonyl (C=O) groups is 1. The standard InChI is InChI=1S/C13H19F3O2/c1-7-8(2)10-4-9(7)5-12(10,3)11(17)18-6-13(14,15)16/h7-10H,4-6H2,1-3H3. The molecule has 0 aromatic rings. The maximum absolute atomic E-state index is 12.1. The van der Waals surface area contributed by atoms with E-state index in [4.69, 9.17) is 0 Å². The van der Waals surface area contributed by atoms with Crippen LogP contribution in [0.15, 0.2) is 0 Å². The average Bonchev–Trinajstić information content (AvgIpc) is 2.73. The fourth-order valence-electron chi connectivity index (χ4n) is 3.90. The smallest absolute Gasteiger partial charge is 0.422 e. The zero-order valence-corrected chi connectivity index (χ0v) is 10.9. The van der Waals surface area contributed by atoms with E-state index in [2.05, 4.69) is 18.6 Å². The lowest BCUT2D eigenvalue weighted by molar-refractivity contribution is -0.196. The number of carbonyl (C=O) groups excluding carboxylic acids is 1. The first-order valence-corrected chi connectivity index (χ1v) is 6.39. The van der Waals surface area contributed by atoms with E-state index in [9.17, 15) is 18.0 Å². The van der Waals surface area contributed by atoms with Crippen LogP contribution in [0.1, 0.15) is 33.6 Å². The van der Waals surface area contributed by atoms with Crippen LogP contribution in [0.3, 0.4) is 0 Å². The molecule has 0 spiro atoms. The number of hydrogen-bond donors (Lipinski definition) is 0. The van der Waals surface area contributed by atoms with E-state index >= 15 is 0 Å². The summed E-state index contributed by atoms with van der Waals surface area (Å²) in [5, 5.41) is 0. The molecule has 0 aromatic carbocycles. The molecule has 0 heterocycles. The van der Waals surface area contributed by atoms with Crippen molar-refractivity contribution in [2.24, 2.45) is 29.1 Å². The molecule has 2 bridgehead atoms. The summed E-state index contributed by atoms with van der Waals surface area (Å²) >= 11 is 0. The summed E-state index contributed by atoms with van der Waals surface area (Å²) in [6, 6.07) is 0. The van der Waals surface area contributed by atoms with Crippen LogP contribution in [-0.4, -0.2) is 18.8 Å². The highest BCUT2D eigenvalue weighted by Crippen LogP contribution is 2.61. The molecular formula is C13H19F3O2. The van der Waals surface area contributed by atoms with Gasteiger partial charge >= 0.3 is 12.1 Å². The van der Waals surface area contributed by atoms with Crippen LogP contribution >= 0.6 is 0 Å². The number of esters is 1. The summed E-state index contributed by atoms with van der Waals surface area (Å²) in [6.45, 7) is 4.54. The molecule has 2 saturated carbocycles. The molecule has 0 radical (unpaired) electrons. The Labute approximate surface area is 105 Å². The Morgan fingerprint density at radius 2 is 1.94 bits per heavy atom. The summed E-state index contributed by atoms with van der Waals surface area (Å²) in [4.78, 5) is 11.9. The Balaban J connectivity index is 2.03. The van der Waals surface area contributed by atoms with E-state index in [1.54, 1.807) is 6.92 Å². The Bertz CT molecular complexity index is 351. The van der Waals surface area contributed by atoms with E-state index in [0.29, 0.717) is 24.2 Å². The highest BCUT2D eigenvalue weighted by atomic mass is 19.4. The topological polar surface area (TPSA) is 26.3 Å². The van der Waals surface area contributed by atoms with Crippen LogP contribution in [0, 0.1) is 29.1 Å². The minimum atomic E-state index is -4.44. The Morgan fingerprint density at radius 1 is 1.33 bits per heavy atom. The van der Waals surface area contributed by atoms with Crippen molar-refractivity contribution in [1.29, 1.82) is 0 Å². The van der Waals surface area contributed by atoms with Gasteiger partial charge in [0.1, 0.15) is 0 Å². The minimum absolute atomic E-state index is 0.165. The van der Waals surface area contributed by atoms with Crippen molar-refractivity contribution < 1.29 is 22.7 Å². The van der Waals surface area contributed by atoms with Crippen molar-refractivity contribution in [3.05, 3.63) is 0 Å². The average molecular weight is 264 g/mol. The molecule has 2 aliphatic carbocycles. The molecule has 0 amide bonds. The van der Waals surface area contributed by atoms with E-state index in [1.807, 2.05) is 0 Å². The second kappa shape index (κ2) is 4.14. The Hall–Kier alpha value is -0.740. The van der Waals surface area contributed by atoms with Gasteiger partial charge in [-0.3, -0.25) is 4.79 Å². The molecular weight excluding hydrogens is 245 g/mol. The zero-order chi connectivity index (χ0) is 13.7. The molecule has 2 nitrogen and oxygen atoms in total. The molecule has 5 unspecified atom stereocenters. The van der Waals surface area contributed by atoms with Crippen molar-refractivity contribution in [3.63, 3.8) is 0 Å². The molecule has 0 saturated heterocycles. The number of rotatable bonds is 2. The van der Waals surface area contributed by atoms with Gasteiger partial charge in [0.25, 0.3) is 0 Å². The lowest BCUT2D eigenvalue weighted by Gasteiger charge is -2.38. The van der Waals surface area contributed by atoms with E-state index in [-0.39, 0.29) is 5.92 Å². The van der Waals surface area contributed by atoms with E-state index < -0.39 is 24.2 Å². The van der Waals surface area contributed by atoms with Gasteiger partial charge in [-0.05, 0) is 43.4 Å². The first-order chi connectivity index (χ1) is 8.15. The van der Waals surface area contributed by atoms with Crippen molar-refractivity contribution >= 4 is 5.97 Å². The van der Waals surface area contributed by atoms with Crippen molar-refractivity contribution in [2.75, 3.05) is 6.61 Å². The molecule has 0 N–H and O–H groups in total. The molecule has 5 heteroatoms. The third-order valence-corrected chi connectivity index (χ3v) is 5.10. The van der Waals surface area contributed by atoms with Gasteiger partial charge in [-0.1, -0.05) is 13.8 Å². The Morgan fingerprint density at radius 3 is 2.39 bits per heavy atom. The Kier molecular flexibility index (Phi) is 3.14. The maximum Gasteiger partial charge on any atom is 0.422 e. The summed E-state index contributed by atoms with van der Waals surface area (Å²) in [5.41, 5.74) is -0.720. The summed E-state index contributed by atoms with van der Waals surface area (Å²) < 4.78 is 40.7. The third-order valence-electron chi connectivity index (χ3n) is 5.10. The van der Waals surface area contributed by atoms with Crippen LogP contribution in [0.5, 0.6) is 0 Å². The predicted octanol–water partition coefficient (Wildman–Crippen LogP) is 3.41. The summed E-state index contributed by atoms with van der Waals surface area (Å²) in [7, 11) is 0. The normalized spacial score (nSPS) is 43.2. The minimum Gasteiger partial charge on any atom is -0.456 e. The number of halogens is 3. The van der Waals surface area contributed by atoms with Crippen molar-refractivity contribution in [1.82, 2.24) is 0 Å². The van der Waals surface area contributed by atoms with Crippen LogP contribution in [0.4, 0.5) is 13.2 Å². The second-order valence-electron chi connectivity index (χ2n) is 6.13. The summed E-state index contributed by atoms with van der Waals surface area (Å²) in [6.07, 6.45) is -2.83. The second-order valence-corrected chi connectivity index (χ2v) is 6.13. The zero-order valence-electron chi connectivity index (χ0n) is 10.9. The number of ether oxygens (including phenoxy) is 1. The monoisotopic (exact) mass is 264 g/mol. The first kappa shape index (κ1) is 13.7. The number of fused-ring (bicyclic) bond motifs is 2. The van der Waals surface area contributed by atoms with Crippen LogP contribution in [0.2, 0.25) is 0 Å². The van der Waals surface area contributed by atoms with Gasteiger partial charge < -0.3 is 4.74 Å². The van der Waals surface area contributed by atoms with Crippen molar-refractivity contribution in [3.8, 4) is 0 Å². The predicted molar refractivity (Wildman–Crippen MR) is 59.7 cm³/mol. The molecule has 2 fully saturated rings. The lowest BCUT2D eigenvalue weighted by atomic mass is 9.67. The summed E-state index contributed by atoms with van der Waals surface area (Å²) in [5.74, 6) is 0.878. The van der Waals surface area contributed by atoms with E-state index in [0.717, 1.165) is 6.42 Å². The molecule has 18 heavy (non-hydrogen) atoms. The molecule has 0 aliphatic heterocycles. The fourth-order valence-corrected chi connectivity index (χ4v) is 3.90. The van der Waals surface area contributed by atoms with E-state index in [1.165, 1.54) is 0 Å². The van der Waals surface area contributed by atoms with Gasteiger partial charge in [-0.25, -0.2) is 0 Å². The van der Waals surface area contributed by atoms with Crippen molar-refractivity contribution in [2.45, 2.75) is 39.8 Å². The highest BCUT2D eigenvalue weighted by molar-refractivity contribution is 5.77. The quantitative estimate of drug-likeness (QED) is 0.714. The van der Waals surface area contributed by atoms with Gasteiger partial charge in [0.15, 0.2) is 6.61 Å². The van der Waals surface area contributed by atoms with Gasteiger partial charge in [-0.15, -0.1) is 0 Å². The molecule has 0 aromatic heterocycles. The van der Waals surface area contributed by atoms with Gasteiger partial charge in [0.05, 0.1) is 5.41 Å². The lowest BCUT2D eigenvalue weighted by Crippen LogP contribution is -2.41. The molecule has 5 atom stereocenters. The molecule has 2 rings (SSSR count). The number of alkyl halides is 3. The number of hydrogen-bond acceptors (Lipinski definition) is 2. The largest absolute Gasteiger partial charge is 0.456 e. The van der Waals surface area contributed by atoms with Gasteiger partial charge in [0, 0.05) is 0 Å². The van der Waals surface area contributed by atoms with Gasteiger partial charge in [0.2, 0.25) is 0 Å². The molecule has 2 aliphatic rings. The first-order valence-electron chi connectivity index (χ1n) is 6.39. The SMILES string of the molecule is CC1C2CC(C1C)C(C)(C(=O)OCC(F)(F)F)C2. The third kappa shape index (κ3) is 2.12. The maximum atomic E-state index is 12.1. The van der Waals surface area contributed by atoms with Crippen LogP contribution in [0.25, 0.3) is 0 Å². The van der Waals surface area contributed by atoms with Gasteiger partial charge in [-0.2, -0.15) is 13.2 Å².